The van der Waals surface area contributed by atoms with Gasteiger partial charge in [0, 0.05) is 24.5 Å². The lowest BCUT2D eigenvalue weighted by atomic mass is 9.63. The molecule has 1 aromatic carbocycles. The Morgan fingerprint density at radius 1 is 1.23 bits per heavy atom. The van der Waals surface area contributed by atoms with Gasteiger partial charge in [0.15, 0.2) is 5.78 Å². The lowest BCUT2D eigenvalue weighted by Crippen LogP contribution is -2.52. The summed E-state index contributed by atoms with van der Waals surface area (Å²) >= 11 is 0. The molecule has 5 nitrogen and oxygen atoms in total. The number of hydrogen-bond donors (Lipinski definition) is 1. The zero-order chi connectivity index (χ0) is 23.7. The van der Waals surface area contributed by atoms with Gasteiger partial charge >= 0.3 is 12.1 Å². The van der Waals surface area contributed by atoms with Crippen molar-refractivity contribution in [3.05, 3.63) is 47.5 Å². The third kappa shape index (κ3) is 4.55. The molecule has 0 radical (unpaired) electrons. The molecule has 172 valence electrons. The highest BCUT2D eigenvalue weighted by Crippen LogP contribution is 2.47. The zero-order valence-corrected chi connectivity index (χ0v) is 18.4. The molecule has 0 aromatic heterocycles. The minimum absolute atomic E-state index is 0.0930. The van der Waals surface area contributed by atoms with Crippen molar-refractivity contribution in [1.29, 1.82) is 0 Å². The highest BCUT2D eigenvalue weighted by Gasteiger charge is 2.64. The number of halogens is 3. The molecule has 0 spiro atoms. The quantitative estimate of drug-likeness (QED) is 0.631. The van der Waals surface area contributed by atoms with E-state index >= 15 is 0 Å². The smallest absolute Gasteiger partial charge is 0.432 e. The molecule has 2 rings (SSSR count). The molecule has 1 aromatic rings. The molecule has 1 aliphatic carbocycles. The molecule has 0 amide bonds. The Morgan fingerprint density at radius 2 is 1.81 bits per heavy atom. The maximum absolute atomic E-state index is 14.0. The maximum Gasteiger partial charge on any atom is 0.432 e. The van der Waals surface area contributed by atoms with Gasteiger partial charge in [-0.2, -0.15) is 13.2 Å². The number of esters is 1. The molecule has 0 bridgehead atoms. The van der Waals surface area contributed by atoms with Gasteiger partial charge in [-0.15, -0.1) is 0 Å². The molecule has 8 heteroatoms. The lowest BCUT2D eigenvalue weighted by molar-refractivity contribution is -0.278. The van der Waals surface area contributed by atoms with Gasteiger partial charge in [-0.1, -0.05) is 44.2 Å². The molecule has 1 aliphatic rings. The Bertz CT molecular complexity index is 847. The number of rotatable bonds is 7. The van der Waals surface area contributed by atoms with Crippen molar-refractivity contribution in [2.45, 2.75) is 70.4 Å². The lowest BCUT2D eigenvalue weighted by Gasteiger charge is -2.46. The second-order valence-electron chi connectivity index (χ2n) is 8.72. The maximum atomic E-state index is 14.0. The fourth-order valence-electron chi connectivity index (χ4n) is 4.19. The number of ketones is 1. The van der Waals surface area contributed by atoms with Crippen LogP contribution in [0.1, 0.15) is 52.5 Å². The largest absolute Gasteiger partial charge is 0.460 e. The summed E-state index contributed by atoms with van der Waals surface area (Å²) in [6.45, 7) is 6.62. The van der Waals surface area contributed by atoms with E-state index in [0.29, 0.717) is 5.57 Å². The minimum atomic E-state index is -5.05. The van der Waals surface area contributed by atoms with Gasteiger partial charge in [-0.25, -0.2) is 4.79 Å². The first-order valence-electron chi connectivity index (χ1n) is 10.0. The van der Waals surface area contributed by atoms with E-state index in [9.17, 15) is 27.9 Å². The average molecular weight is 442 g/mol. The van der Waals surface area contributed by atoms with E-state index < -0.39 is 34.9 Å². The van der Waals surface area contributed by atoms with E-state index in [1.807, 2.05) is 0 Å². The minimum Gasteiger partial charge on any atom is -0.460 e. The Labute approximate surface area is 180 Å². The Morgan fingerprint density at radius 3 is 2.29 bits per heavy atom. The van der Waals surface area contributed by atoms with Gasteiger partial charge in [-0.05, 0) is 38.3 Å². The first kappa shape index (κ1) is 25.1. The van der Waals surface area contributed by atoms with Crippen molar-refractivity contribution in [3.63, 3.8) is 0 Å². The zero-order valence-electron chi connectivity index (χ0n) is 18.4. The van der Waals surface area contributed by atoms with Gasteiger partial charge in [0.1, 0.15) is 0 Å². The van der Waals surface area contributed by atoms with E-state index in [4.69, 9.17) is 9.47 Å². The topological polar surface area (TPSA) is 72.8 Å². The fraction of sp³-hybridized carbons (Fsp3) is 0.565. The summed E-state index contributed by atoms with van der Waals surface area (Å²) in [5.74, 6) is -1.66. The standard InChI is InChI=1S/C23H29F3O5/c1-15-13-18(27)14-20(3,4)21(15,29)12-11-16(2)31-19(28)22(30-5,23(24,25)26)17-9-7-6-8-10-17/h6-10,13,16,29H,11-12,14H2,1-5H3/t16-,21-,22-/m1/s1. The SMILES string of the molecule is CO[C@@](C(=O)O[C@H](C)CC[C@@]1(O)C(C)=CC(=O)CC1(C)C)(c1ccccc1)C(F)(F)F. The van der Waals surface area contributed by atoms with Gasteiger partial charge in [0.05, 0.1) is 11.7 Å². The van der Waals surface area contributed by atoms with Crippen LogP contribution in [0.25, 0.3) is 0 Å². The summed E-state index contributed by atoms with van der Waals surface area (Å²) in [7, 11) is 0.810. The molecule has 0 saturated carbocycles. The van der Waals surface area contributed by atoms with Crippen LogP contribution < -0.4 is 0 Å². The molecule has 0 unspecified atom stereocenters. The summed E-state index contributed by atoms with van der Waals surface area (Å²) in [4.78, 5) is 24.6. The molecule has 3 atom stereocenters. The van der Waals surface area contributed by atoms with Gasteiger partial charge < -0.3 is 14.6 Å². The van der Waals surface area contributed by atoms with Crippen LogP contribution in [0, 0.1) is 5.41 Å². The van der Waals surface area contributed by atoms with Crippen molar-refractivity contribution >= 4 is 11.8 Å². The van der Waals surface area contributed by atoms with E-state index in [2.05, 4.69) is 0 Å². The first-order chi connectivity index (χ1) is 14.2. The molecular formula is C23H29F3O5. The second kappa shape index (κ2) is 8.74. The molecular weight excluding hydrogens is 413 g/mol. The Hall–Kier alpha value is -2.19. The van der Waals surface area contributed by atoms with Crippen LogP contribution in [0.2, 0.25) is 0 Å². The molecule has 1 N–H and O–H groups in total. The van der Waals surface area contributed by atoms with Crippen molar-refractivity contribution in [3.8, 4) is 0 Å². The number of carbonyl (C=O) groups excluding carboxylic acids is 2. The highest BCUT2D eigenvalue weighted by molar-refractivity contribution is 5.92. The van der Waals surface area contributed by atoms with E-state index in [-0.39, 0.29) is 30.6 Å². The number of allylic oxidation sites excluding steroid dienone is 1. The predicted molar refractivity (Wildman–Crippen MR) is 108 cm³/mol. The summed E-state index contributed by atoms with van der Waals surface area (Å²) in [5.41, 5.74) is -5.27. The van der Waals surface area contributed by atoms with Crippen LogP contribution in [0.15, 0.2) is 42.0 Å². The number of carbonyl (C=O) groups is 2. The van der Waals surface area contributed by atoms with Crippen molar-refractivity contribution in [2.75, 3.05) is 7.11 Å². The number of benzene rings is 1. The second-order valence-corrected chi connectivity index (χ2v) is 8.72. The van der Waals surface area contributed by atoms with Crippen LogP contribution in [-0.2, 0) is 24.7 Å². The summed E-state index contributed by atoms with van der Waals surface area (Å²) < 4.78 is 51.9. The molecule has 0 aliphatic heterocycles. The van der Waals surface area contributed by atoms with Crippen LogP contribution in [0.3, 0.4) is 0 Å². The molecule has 0 heterocycles. The third-order valence-corrected chi connectivity index (χ3v) is 6.16. The third-order valence-electron chi connectivity index (χ3n) is 6.16. The first-order valence-corrected chi connectivity index (χ1v) is 10.0. The average Bonchev–Trinajstić information content (AvgIpc) is 2.65. The van der Waals surface area contributed by atoms with Crippen molar-refractivity contribution in [2.24, 2.45) is 5.41 Å². The van der Waals surface area contributed by atoms with Gasteiger partial charge in [0.2, 0.25) is 0 Å². The number of aliphatic hydroxyl groups is 1. The van der Waals surface area contributed by atoms with Crippen LogP contribution in [-0.4, -0.2) is 41.9 Å². The predicted octanol–water partition coefficient (Wildman–Crippen LogP) is 4.48. The fourth-order valence-corrected chi connectivity index (χ4v) is 4.19. The van der Waals surface area contributed by atoms with Crippen molar-refractivity contribution in [1.82, 2.24) is 0 Å². The number of hydrogen-bond acceptors (Lipinski definition) is 5. The Kier molecular flexibility index (Phi) is 7.07. The normalized spacial score (nSPS) is 24.2. The van der Waals surface area contributed by atoms with Crippen molar-refractivity contribution < 1.29 is 37.3 Å². The summed E-state index contributed by atoms with van der Waals surface area (Å²) in [6, 6.07) is 6.59. The molecule has 0 fully saturated rings. The summed E-state index contributed by atoms with van der Waals surface area (Å²) in [5, 5.41) is 11.2. The molecule has 0 saturated heterocycles. The van der Waals surface area contributed by atoms with E-state index in [1.54, 1.807) is 20.8 Å². The highest BCUT2D eigenvalue weighted by atomic mass is 19.4. The van der Waals surface area contributed by atoms with Crippen LogP contribution in [0.4, 0.5) is 13.2 Å². The van der Waals surface area contributed by atoms with Crippen LogP contribution >= 0.6 is 0 Å². The number of ether oxygens (including phenoxy) is 2. The van der Waals surface area contributed by atoms with E-state index in [1.165, 1.54) is 31.2 Å². The van der Waals surface area contributed by atoms with Gasteiger partial charge in [0.25, 0.3) is 5.60 Å². The number of methoxy groups -OCH3 is 1. The summed E-state index contributed by atoms with van der Waals surface area (Å²) in [6.07, 6.45) is -4.25. The number of alkyl halides is 3. The van der Waals surface area contributed by atoms with E-state index in [0.717, 1.165) is 19.2 Å². The van der Waals surface area contributed by atoms with Gasteiger partial charge in [-0.3, -0.25) is 4.79 Å². The Balaban J connectivity index is 2.22. The monoisotopic (exact) mass is 442 g/mol. The molecule has 31 heavy (non-hydrogen) atoms. The van der Waals surface area contributed by atoms with Crippen LogP contribution in [0.5, 0.6) is 0 Å².